The highest BCUT2D eigenvalue weighted by atomic mass is 16.3. The van der Waals surface area contributed by atoms with Crippen molar-refractivity contribution >= 4 is 0 Å². The molecule has 0 aromatic rings. The van der Waals surface area contributed by atoms with Crippen molar-refractivity contribution in [3.05, 3.63) is 0 Å². The minimum Gasteiger partial charge on any atom is -0.393 e. The predicted molar refractivity (Wildman–Crippen MR) is 31.4 cm³/mol. The molecule has 4 atom stereocenters. The van der Waals surface area contributed by atoms with Gasteiger partial charge in [0.05, 0.1) is 6.10 Å². The molecule has 2 rings (SSSR count). The van der Waals surface area contributed by atoms with Crippen LogP contribution in [0.5, 0.6) is 0 Å². The van der Waals surface area contributed by atoms with Crippen LogP contribution in [0.1, 0.15) is 19.8 Å². The van der Waals surface area contributed by atoms with E-state index >= 15 is 0 Å². The number of hydrogen-bond donors (Lipinski definition) is 1. The van der Waals surface area contributed by atoms with Crippen LogP contribution >= 0.6 is 0 Å². The normalized spacial score (nSPS) is 60.8. The number of fused-ring (bicyclic) bond motifs is 1. The van der Waals surface area contributed by atoms with E-state index in [9.17, 15) is 5.11 Å². The van der Waals surface area contributed by atoms with Gasteiger partial charge in [-0.3, -0.25) is 0 Å². The summed E-state index contributed by atoms with van der Waals surface area (Å²) >= 11 is 0. The average Bonchev–Trinajstić information content (AvgIpc) is 2.35. The van der Waals surface area contributed by atoms with Crippen LogP contribution in [0.2, 0.25) is 0 Å². The van der Waals surface area contributed by atoms with Gasteiger partial charge in [0.15, 0.2) is 0 Å². The maximum absolute atomic E-state index is 9.21. The first kappa shape index (κ1) is 4.80. The lowest BCUT2D eigenvalue weighted by Gasteiger charge is -2.04. The van der Waals surface area contributed by atoms with Crippen molar-refractivity contribution in [1.82, 2.24) is 0 Å². The number of aliphatic hydroxyl groups is 1. The van der Waals surface area contributed by atoms with E-state index < -0.39 is 0 Å². The van der Waals surface area contributed by atoms with Gasteiger partial charge in [-0.15, -0.1) is 0 Å². The summed E-state index contributed by atoms with van der Waals surface area (Å²) in [4.78, 5) is 0. The highest BCUT2D eigenvalue weighted by molar-refractivity contribution is 5.01. The van der Waals surface area contributed by atoms with Crippen LogP contribution < -0.4 is 0 Å². The maximum atomic E-state index is 9.21. The van der Waals surface area contributed by atoms with Crippen molar-refractivity contribution in [3.8, 4) is 0 Å². The van der Waals surface area contributed by atoms with Crippen molar-refractivity contribution in [2.75, 3.05) is 0 Å². The molecule has 0 aromatic carbocycles. The Morgan fingerprint density at radius 1 is 1.25 bits per heavy atom. The molecule has 0 aromatic heterocycles. The smallest absolute Gasteiger partial charge is 0.0573 e. The van der Waals surface area contributed by atoms with E-state index in [0.29, 0.717) is 5.92 Å². The third-order valence-corrected chi connectivity index (χ3v) is 2.73. The Morgan fingerprint density at radius 2 is 2.00 bits per heavy atom. The fraction of sp³-hybridized carbons (Fsp3) is 1.00. The topological polar surface area (TPSA) is 20.2 Å². The fourth-order valence-corrected chi connectivity index (χ4v) is 2.06. The van der Waals surface area contributed by atoms with Gasteiger partial charge < -0.3 is 5.11 Å². The molecular formula is C7H12O. The minimum atomic E-state index is 0.0648. The maximum Gasteiger partial charge on any atom is 0.0573 e. The van der Waals surface area contributed by atoms with Crippen LogP contribution in [0.4, 0.5) is 0 Å². The van der Waals surface area contributed by atoms with Gasteiger partial charge in [-0.2, -0.15) is 0 Å². The van der Waals surface area contributed by atoms with E-state index in [2.05, 4.69) is 6.92 Å². The highest BCUT2D eigenvalue weighted by Gasteiger charge is 2.51. The molecule has 0 saturated heterocycles. The molecule has 2 aliphatic carbocycles. The van der Waals surface area contributed by atoms with Gasteiger partial charge in [0, 0.05) is 0 Å². The van der Waals surface area contributed by atoms with Gasteiger partial charge in [0.1, 0.15) is 0 Å². The summed E-state index contributed by atoms with van der Waals surface area (Å²) in [5.41, 5.74) is 0. The van der Waals surface area contributed by atoms with E-state index in [0.717, 1.165) is 18.3 Å². The molecule has 0 amide bonds. The molecule has 0 radical (unpaired) electrons. The molecule has 2 aliphatic rings. The zero-order chi connectivity index (χ0) is 5.72. The van der Waals surface area contributed by atoms with Crippen molar-refractivity contribution in [3.63, 3.8) is 0 Å². The molecule has 0 unspecified atom stereocenters. The van der Waals surface area contributed by atoms with E-state index in [1.54, 1.807) is 0 Å². The first-order valence-electron chi connectivity index (χ1n) is 3.47. The molecule has 0 bridgehead atoms. The minimum absolute atomic E-state index is 0.0648. The molecule has 46 valence electrons. The van der Waals surface area contributed by atoms with Gasteiger partial charge in [0.25, 0.3) is 0 Å². The Kier molecular flexibility index (Phi) is 0.762. The molecule has 2 fully saturated rings. The summed E-state index contributed by atoms with van der Waals surface area (Å²) in [5, 5.41) is 9.21. The second-order valence-corrected chi connectivity index (χ2v) is 3.34. The van der Waals surface area contributed by atoms with Gasteiger partial charge in [-0.1, -0.05) is 6.92 Å². The summed E-state index contributed by atoms with van der Waals surface area (Å²) in [6.07, 6.45) is 2.44. The van der Waals surface area contributed by atoms with Crippen LogP contribution in [-0.2, 0) is 0 Å². The van der Waals surface area contributed by atoms with Crippen molar-refractivity contribution in [2.24, 2.45) is 17.8 Å². The van der Waals surface area contributed by atoms with Crippen LogP contribution in [0.15, 0.2) is 0 Å². The van der Waals surface area contributed by atoms with E-state index in [1.807, 2.05) is 0 Å². The van der Waals surface area contributed by atoms with Gasteiger partial charge in [-0.05, 0) is 30.6 Å². The van der Waals surface area contributed by atoms with Crippen LogP contribution in [0.25, 0.3) is 0 Å². The largest absolute Gasteiger partial charge is 0.393 e. The van der Waals surface area contributed by atoms with Crippen LogP contribution in [0.3, 0.4) is 0 Å². The first-order valence-corrected chi connectivity index (χ1v) is 3.47. The molecule has 1 nitrogen and oxygen atoms in total. The molecule has 2 saturated carbocycles. The third kappa shape index (κ3) is 0.455. The highest BCUT2D eigenvalue weighted by Crippen LogP contribution is 2.54. The Balaban J connectivity index is 2.09. The second kappa shape index (κ2) is 1.27. The Hall–Kier alpha value is -0.0400. The van der Waals surface area contributed by atoms with E-state index in [4.69, 9.17) is 0 Å². The monoisotopic (exact) mass is 112 g/mol. The molecule has 0 heterocycles. The molecule has 1 heteroatoms. The van der Waals surface area contributed by atoms with Gasteiger partial charge in [-0.25, -0.2) is 0 Å². The zero-order valence-electron chi connectivity index (χ0n) is 5.17. The van der Waals surface area contributed by atoms with Crippen molar-refractivity contribution < 1.29 is 5.11 Å². The summed E-state index contributed by atoms with van der Waals surface area (Å²) in [6.45, 7) is 2.25. The Labute approximate surface area is 49.7 Å². The molecular weight excluding hydrogens is 100 g/mol. The molecule has 0 spiro atoms. The predicted octanol–water partition coefficient (Wildman–Crippen LogP) is 1.02. The summed E-state index contributed by atoms with van der Waals surface area (Å²) in [6, 6.07) is 0. The summed E-state index contributed by atoms with van der Waals surface area (Å²) in [5.74, 6) is 2.44. The quantitative estimate of drug-likeness (QED) is 0.496. The number of aliphatic hydroxyl groups excluding tert-OH is 1. The van der Waals surface area contributed by atoms with E-state index in [1.165, 1.54) is 6.42 Å². The van der Waals surface area contributed by atoms with Gasteiger partial charge >= 0.3 is 0 Å². The number of hydrogen-bond acceptors (Lipinski definition) is 1. The average molecular weight is 112 g/mol. The van der Waals surface area contributed by atoms with Gasteiger partial charge in [0.2, 0.25) is 0 Å². The summed E-state index contributed by atoms with van der Waals surface area (Å²) < 4.78 is 0. The Bertz CT molecular complexity index is 95.0. The molecule has 8 heavy (non-hydrogen) atoms. The van der Waals surface area contributed by atoms with E-state index in [-0.39, 0.29) is 6.10 Å². The third-order valence-electron chi connectivity index (χ3n) is 2.73. The van der Waals surface area contributed by atoms with Crippen LogP contribution in [0, 0.1) is 17.8 Å². The van der Waals surface area contributed by atoms with Crippen molar-refractivity contribution in [1.29, 1.82) is 0 Å². The lowest BCUT2D eigenvalue weighted by Crippen LogP contribution is -2.05. The Morgan fingerprint density at radius 3 is 2.12 bits per heavy atom. The first-order chi connectivity index (χ1) is 3.79. The SMILES string of the molecule is C[C@H]1C[C@@H](O)[C@@H]2C[C@@H]21. The van der Waals surface area contributed by atoms with Crippen LogP contribution in [-0.4, -0.2) is 11.2 Å². The zero-order valence-corrected chi connectivity index (χ0v) is 5.17. The number of rotatable bonds is 0. The standard InChI is InChI=1S/C7H12O/c1-4-2-7(8)6-3-5(4)6/h4-8H,2-3H2,1H3/t4-,5+,6+,7+/m0/s1. The molecule has 0 aliphatic heterocycles. The lowest BCUT2D eigenvalue weighted by molar-refractivity contribution is 0.153. The second-order valence-electron chi connectivity index (χ2n) is 3.34. The fourth-order valence-electron chi connectivity index (χ4n) is 2.06. The van der Waals surface area contributed by atoms with Crippen molar-refractivity contribution in [2.45, 2.75) is 25.9 Å². The molecule has 1 N–H and O–H groups in total. The lowest BCUT2D eigenvalue weighted by atomic mass is 10.1. The summed E-state index contributed by atoms with van der Waals surface area (Å²) in [7, 11) is 0.